The Hall–Kier alpha value is -1.35. The van der Waals surface area contributed by atoms with Gasteiger partial charge in [-0.2, -0.15) is 0 Å². The number of carboxylic acid groups (broad SMARTS) is 1. The fourth-order valence-corrected chi connectivity index (χ4v) is 3.99. The molecule has 0 aliphatic carbocycles. The van der Waals surface area contributed by atoms with Crippen molar-refractivity contribution in [3.05, 3.63) is 35.9 Å². The number of hydrogen-bond acceptors (Lipinski definition) is 2. The van der Waals surface area contributed by atoms with Crippen LogP contribution >= 0.6 is 0 Å². The number of aliphatic carboxylic acids is 1. The van der Waals surface area contributed by atoms with Gasteiger partial charge in [0, 0.05) is 0 Å². The fourth-order valence-electron chi connectivity index (χ4n) is 3.99. The number of hydrogen-bond donors (Lipinski definition) is 2. The summed E-state index contributed by atoms with van der Waals surface area (Å²) in [5.74, 6) is -0.920. The van der Waals surface area contributed by atoms with Crippen LogP contribution in [-0.2, 0) is 10.2 Å². The van der Waals surface area contributed by atoms with Crippen molar-refractivity contribution >= 4 is 5.97 Å². The van der Waals surface area contributed by atoms with Crippen LogP contribution < -0.4 is 0 Å². The molecule has 0 aliphatic rings. The van der Waals surface area contributed by atoms with Gasteiger partial charge in [-0.3, -0.25) is 4.79 Å². The molecule has 0 radical (unpaired) electrons. The Labute approximate surface area is 172 Å². The largest absolute Gasteiger partial charge is 0.481 e. The molecule has 0 saturated heterocycles. The Morgan fingerprint density at radius 1 is 0.750 bits per heavy atom. The second-order valence-electron chi connectivity index (χ2n) is 8.26. The number of aliphatic hydroxyl groups is 1. The normalized spacial score (nSPS) is 13.4. The molecule has 0 bridgehead atoms. The van der Waals surface area contributed by atoms with Crippen molar-refractivity contribution in [1.29, 1.82) is 0 Å². The summed E-state index contributed by atoms with van der Waals surface area (Å²) in [5.41, 5.74) is -0.446. The number of benzene rings is 1. The first-order chi connectivity index (χ1) is 13.7. The molecule has 0 fully saturated rings. The highest BCUT2D eigenvalue weighted by Gasteiger charge is 2.39. The average molecular weight is 391 g/mol. The summed E-state index contributed by atoms with van der Waals surface area (Å²) in [6.45, 7) is 1.92. The molecule has 1 rings (SSSR count). The number of carboxylic acids is 1. The molecule has 0 aliphatic heterocycles. The smallest absolute Gasteiger partial charge is 0.316 e. The molecule has 160 valence electrons. The standard InChI is InChI=1S/C25H42O3/c1-2-3-4-5-6-7-8-9-10-11-12-13-14-18-21-25(22-26,24(27)28)23-19-16-15-17-20-23/h15-17,19-20,26H,2-14,18,21-22H2,1H3,(H,27,28). The molecule has 0 spiro atoms. The number of unbranched alkanes of at least 4 members (excludes halogenated alkanes) is 13. The average Bonchev–Trinajstić information content (AvgIpc) is 2.71. The topological polar surface area (TPSA) is 57.5 Å². The van der Waals surface area contributed by atoms with Gasteiger partial charge in [-0.1, -0.05) is 127 Å². The first-order valence-corrected chi connectivity index (χ1v) is 11.6. The number of rotatable bonds is 18. The van der Waals surface area contributed by atoms with Crippen LogP contribution in [0.1, 0.15) is 109 Å². The van der Waals surface area contributed by atoms with Crippen LogP contribution in [0.4, 0.5) is 0 Å². The van der Waals surface area contributed by atoms with Gasteiger partial charge in [-0.05, 0) is 12.0 Å². The van der Waals surface area contributed by atoms with Crippen molar-refractivity contribution in [2.45, 2.75) is 109 Å². The molecule has 3 heteroatoms. The minimum atomic E-state index is -1.15. The summed E-state index contributed by atoms with van der Waals surface area (Å²) in [5, 5.41) is 19.5. The molecule has 0 aromatic heterocycles. The van der Waals surface area contributed by atoms with E-state index in [4.69, 9.17) is 0 Å². The monoisotopic (exact) mass is 390 g/mol. The Kier molecular flexibility index (Phi) is 13.7. The molecule has 28 heavy (non-hydrogen) atoms. The van der Waals surface area contributed by atoms with Gasteiger partial charge >= 0.3 is 5.97 Å². The van der Waals surface area contributed by atoms with E-state index < -0.39 is 11.4 Å². The summed E-state index contributed by atoms with van der Waals surface area (Å²) < 4.78 is 0. The third-order valence-corrected chi connectivity index (χ3v) is 5.96. The van der Waals surface area contributed by atoms with E-state index in [-0.39, 0.29) is 6.61 Å². The molecular weight excluding hydrogens is 348 g/mol. The summed E-state index contributed by atoms with van der Waals surface area (Å²) in [4.78, 5) is 11.9. The van der Waals surface area contributed by atoms with Crippen molar-refractivity contribution in [3.63, 3.8) is 0 Å². The third kappa shape index (κ3) is 9.23. The van der Waals surface area contributed by atoms with Crippen LogP contribution in [0.2, 0.25) is 0 Å². The molecular formula is C25H42O3. The summed E-state index contributed by atoms with van der Waals surface area (Å²) in [6, 6.07) is 9.18. The van der Waals surface area contributed by atoms with Crippen LogP contribution in [0.15, 0.2) is 30.3 Å². The number of carbonyl (C=O) groups is 1. The van der Waals surface area contributed by atoms with Gasteiger partial charge in [0.15, 0.2) is 0 Å². The second-order valence-corrected chi connectivity index (χ2v) is 8.26. The van der Waals surface area contributed by atoms with Crippen molar-refractivity contribution < 1.29 is 15.0 Å². The van der Waals surface area contributed by atoms with E-state index in [1.54, 1.807) is 0 Å². The van der Waals surface area contributed by atoms with Gasteiger partial charge in [-0.15, -0.1) is 0 Å². The zero-order chi connectivity index (χ0) is 20.5. The van der Waals surface area contributed by atoms with Crippen LogP contribution in [0, 0.1) is 0 Å². The molecule has 1 aromatic rings. The Bertz CT molecular complexity index is 500. The molecule has 0 amide bonds. The predicted octanol–water partition coefficient (Wildman–Crippen LogP) is 6.87. The first-order valence-electron chi connectivity index (χ1n) is 11.6. The van der Waals surface area contributed by atoms with E-state index in [0.717, 1.165) is 19.3 Å². The lowest BCUT2D eigenvalue weighted by Gasteiger charge is -2.27. The van der Waals surface area contributed by atoms with Crippen molar-refractivity contribution in [3.8, 4) is 0 Å². The Morgan fingerprint density at radius 3 is 1.57 bits per heavy atom. The van der Waals surface area contributed by atoms with Gasteiger partial charge in [-0.25, -0.2) is 0 Å². The van der Waals surface area contributed by atoms with Gasteiger partial charge in [0.25, 0.3) is 0 Å². The molecule has 1 aromatic carbocycles. The summed E-state index contributed by atoms with van der Waals surface area (Å²) >= 11 is 0. The number of aliphatic hydroxyl groups excluding tert-OH is 1. The highest BCUT2D eigenvalue weighted by atomic mass is 16.4. The predicted molar refractivity (Wildman–Crippen MR) is 118 cm³/mol. The van der Waals surface area contributed by atoms with E-state index in [1.807, 2.05) is 30.3 Å². The van der Waals surface area contributed by atoms with Gasteiger partial charge < -0.3 is 10.2 Å². The minimum absolute atomic E-state index is 0.342. The van der Waals surface area contributed by atoms with Gasteiger partial charge in [0.2, 0.25) is 0 Å². The van der Waals surface area contributed by atoms with E-state index in [0.29, 0.717) is 12.0 Å². The fraction of sp³-hybridized carbons (Fsp3) is 0.720. The van der Waals surface area contributed by atoms with Crippen LogP contribution in [-0.4, -0.2) is 22.8 Å². The van der Waals surface area contributed by atoms with E-state index in [2.05, 4.69) is 6.92 Å². The van der Waals surface area contributed by atoms with E-state index >= 15 is 0 Å². The first kappa shape index (κ1) is 24.7. The van der Waals surface area contributed by atoms with Crippen LogP contribution in [0.5, 0.6) is 0 Å². The van der Waals surface area contributed by atoms with Crippen molar-refractivity contribution in [1.82, 2.24) is 0 Å². The zero-order valence-electron chi connectivity index (χ0n) is 18.0. The quantitative estimate of drug-likeness (QED) is 0.269. The lowest BCUT2D eigenvalue weighted by atomic mass is 9.77. The van der Waals surface area contributed by atoms with Crippen LogP contribution in [0.25, 0.3) is 0 Å². The molecule has 3 nitrogen and oxygen atoms in total. The Morgan fingerprint density at radius 2 is 1.18 bits per heavy atom. The molecule has 0 saturated carbocycles. The summed E-state index contributed by atoms with van der Waals surface area (Å²) in [6.07, 6.45) is 18.4. The zero-order valence-corrected chi connectivity index (χ0v) is 18.0. The maximum atomic E-state index is 11.9. The highest BCUT2D eigenvalue weighted by Crippen LogP contribution is 2.30. The lowest BCUT2D eigenvalue weighted by molar-refractivity contribution is -0.146. The van der Waals surface area contributed by atoms with Crippen molar-refractivity contribution in [2.24, 2.45) is 0 Å². The molecule has 1 unspecified atom stereocenters. The second kappa shape index (κ2) is 15.6. The molecule has 0 heterocycles. The highest BCUT2D eigenvalue weighted by molar-refractivity contribution is 5.81. The maximum absolute atomic E-state index is 11.9. The Balaban J connectivity index is 2.10. The van der Waals surface area contributed by atoms with E-state index in [1.165, 1.54) is 70.6 Å². The SMILES string of the molecule is CCCCCCCCCCCCCCCCC(CO)(C(=O)O)c1ccccc1. The molecule has 1 atom stereocenters. The lowest BCUT2D eigenvalue weighted by Crippen LogP contribution is -2.39. The maximum Gasteiger partial charge on any atom is 0.316 e. The van der Waals surface area contributed by atoms with Gasteiger partial charge in [0.1, 0.15) is 5.41 Å². The molecule has 2 N–H and O–H groups in total. The summed E-state index contributed by atoms with van der Waals surface area (Å²) in [7, 11) is 0. The third-order valence-electron chi connectivity index (χ3n) is 5.96. The van der Waals surface area contributed by atoms with E-state index in [9.17, 15) is 15.0 Å². The van der Waals surface area contributed by atoms with Gasteiger partial charge in [0.05, 0.1) is 6.61 Å². The van der Waals surface area contributed by atoms with Crippen LogP contribution in [0.3, 0.4) is 0 Å². The minimum Gasteiger partial charge on any atom is -0.481 e. The van der Waals surface area contributed by atoms with Crippen molar-refractivity contribution in [2.75, 3.05) is 6.61 Å².